The number of allylic oxidation sites excluding steroid dienone is 2. The third kappa shape index (κ3) is 3.34. The molecule has 0 fully saturated rings. The molecule has 1 rings (SSSR count). The first kappa shape index (κ1) is 12.2. The van der Waals surface area contributed by atoms with Crippen LogP contribution in [0.15, 0.2) is 24.3 Å². The molecule has 0 amide bonds. The van der Waals surface area contributed by atoms with Crippen molar-refractivity contribution in [1.29, 1.82) is 0 Å². The Kier molecular flexibility index (Phi) is 4.82. The molecule has 0 heterocycles. The minimum atomic E-state index is -0.239. The number of halogens is 2. The van der Waals surface area contributed by atoms with E-state index in [0.29, 0.717) is 5.75 Å². The van der Waals surface area contributed by atoms with Gasteiger partial charge in [0.05, 0.1) is 7.11 Å². The van der Waals surface area contributed by atoms with Crippen LogP contribution in [0.5, 0.6) is 5.75 Å². The number of methoxy groups -OCH3 is 1. The Labute approximate surface area is 98.1 Å². The average Bonchev–Trinajstić information content (AvgIpc) is 2.25. The van der Waals surface area contributed by atoms with Crippen molar-refractivity contribution in [3.05, 3.63) is 35.7 Å². The summed E-state index contributed by atoms with van der Waals surface area (Å²) in [6.45, 7) is 1.96. The van der Waals surface area contributed by atoms with E-state index >= 15 is 0 Å². The van der Waals surface area contributed by atoms with Crippen LogP contribution in [-0.4, -0.2) is 12.4 Å². The number of alkyl halides is 1. The maximum Gasteiger partial charge on any atom is 0.126 e. The summed E-state index contributed by atoms with van der Waals surface area (Å²) in [5.74, 6) is 0.470. The fraction of sp³-hybridized carbons (Fsp3) is 0.333. The van der Waals surface area contributed by atoms with Crippen molar-refractivity contribution >= 4 is 21.5 Å². The van der Waals surface area contributed by atoms with Crippen LogP contribution in [0.4, 0.5) is 4.39 Å². The highest BCUT2D eigenvalue weighted by atomic mass is 79.9. The van der Waals surface area contributed by atoms with Gasteiger partial charge in [0, 0.05) is 10.9 Å². The van der Waals surface area contributed by atoms with Gasteiger partial charge in [-0.1, -0.05) is 22.0 Å². The highest BCUT2D eigenvalue weighted by molar-refractivity contribution is 9.09. The normalized spacial score (nSPS) is 11.6. The summed E-state index contributed by atoms with van der Waals surface area (Å²) in [7, 11) is 1.59. The predicted octanol–water partition coefficient (Wildman–Crippen LogP) is 4.02. The molecule has 1 nitrogen and oxygen atoms in total. The summed E-state index contributed by atoms with van der Waals surface area (Å²) < 4.78 is 18.3. The van der Waals surface area contributed by atoms with Crippen molar-refractivity contribution in [3.8, 4) is 5.75 Å². The molecule has 1 aromatic carbocycles. The fourth-order valence-electron chi connectivity index (χ4n) is 1.37. The molecule has 0 saturated heterocycles. The quantitative estimate of drug-likeness (QED) is 0.753. The predicted molar refractivity (Wildman–Crippen MR) is 65.0 cm³/mol. The zero-order valence-electron chi connectivity index (χ0n) is 8.89. The van der Waals surface area contributed by atoms with E-state index in [9.17, 15) is 4.39 Å². The third-order valence-electron chi connectivity index (χ3n) is 2.15. The highest BCUT2D eigenvalue weighted by Crippen LogP contribution is 2.26. The van der Waals surface area contributed by atoms with E-state index in [-0.39, 0.29) is 5.82 Å². The maximum absolute atomic E-state index is 13.1. The Bertz CT molecular complexity index is 361. The monoisotopic (exact) mass is 272 g/mol. The van der Waals surface area contributed by atoms with Gasteiger partial charge >= 0.3 is 0 Å². The molecule has 0 radical (unpaired) electrons. The summed E-state index contributed by atoms with van der Waals surface area (Å²) in [5.41, 5.74) is 1.85. The standard InChI is InChI=1S/C12H14BrFO/c1-9(4-3-7-13)11-8-10(14)5-6-12(11)15-2/h4-6,8H,3,7H2,1-2H3/b9-4+. The first-order valence-corrected chi connectivity index (χ1v) is 5.88. The number of hydrogen-bond acceptors (Lipinski definition) is 1. The fourth-order valence-corrected chi connectivity index (χ4v) is 1.60. The van der Waals surface area contributed by atoms with Crippen molar-refractivity contribution in [2.75, 3.05) is 12.4 Å². The zero-order valence-corrected chi connectivity index (χ0v) is 10.5. The summed E-state index contributed by atoms with van der Waals surface area (Å²) in [6, 6.07) is 4.55. The topological polar surface area (TPSA) is 9.23 Å². The van der Waals surface area contributed by atoms with Crippen LogP contribution in [-0.2, 0) is 0 Å². The zero-order chi connectivity index (χ0) is 11.3. The lowest BCUT2D eigenvalue weighted by Crippen LogP contribution is -1.91. The lowest BCUT2D eigenvalue weighted by Gasteiger charge is -2.08. The van der Waals surface area contributed by atoms with E-state index in [1.807, 2.05) is 6.92 Å². The molecule has 0 aliphatic heterocycles. The van der Waals surface area contributed by atoms with Gasteiger partial charge in [-0.15, -0.1) is 0 Å². The molecule has 0 unspecified atom stereocenters. The average molecular weight is 273 g/mol. The van der Waals surface area contributed by atoms with Crippen LogP contribution < -0.4 is 4.74 Å². The van der Waals surface area contributed by atoms with Crippen LogP contribution in [0, 0.1) is 5.82 Å². The second kappa shape index (κ2) is 5.91. The van der Waals surface area contributed by atoms with E-state index < -0.39 is 0 Å². The Morgan fingerprint density at radius 2 is 2.27 bits per heavy atom. The molecular weight excluding hydrogens is 259 g/mol. The first-order chi connectivity index (χ1) is 7.19. The van der Waals surface area contributed by atoms with Crippen LogP contribution >= 0.6 is 15.9 Å². The van der Waals surface area contributed by atoms with E-state index in [1.54, 1.807) is 13.2 Å². The molecule has 0 N–H and O–H groups in total. The van der Waals surface area contributed by atoms with Crippen LogP contribution in [0.3, 0.4) is 0 Å². The molecule has 0 saturated carbocycles. The summed E-state index contributed by atoms with van der Waals surface area (Å²) in [6.07, 6.45) is 2.98. The molecular formula is C12H14BrFO. The molecule has 0 bridgehead atoms. The lowest BCUT2D eigenvalue weighted by molar-refractivity contribution is 0.412. The van der Waals surface area contributed by atoms with E-state index in [2.05, 4.69) is 22.0 Å². The maximum atomic E-state index is 13.1. The van der Waals surface area contributed by atoms with Gasteiger partial charge in [0.15, 0.2) is 0 Å². The highest BCUT2D eigenvalue weighted by Gasteiger charge is 2.05. The van der Waals surface area contributed by atoms with Gasteiger partial charge in [-0.3, -0.25) is 0 Å². The van der Waals surface area contributed by atoms with Gasteiger partial charge in [-0.05, 0) is 37.1 Å². The van der Waals surface area contributed by atoms with Crippen molar-refractivity contribution in [2.24, 2.45) is 0 Å². The first-order valence-electron chi connectivity index (χ1n) is 4.75. The Morgan fingerprint density at radius 3 is 2.87 bits per heavy atom. The van der Waals surface area contributed by atoms with Crippen molar-refractivity contribution < 1.29 is 9.13 Å². The molecule has 82 valence electrons. The third-order valence-corrected chi connectivity index (χ3v) is 2.60. The van der Waals surface area contributed by atoms with Gasteiger partial charge < -0.3 is 4.74 Å². The minimum absolute atomic E-state index is 0.239. The lowest BCUT2D eigenvalue weighted by atomic mass is 10.1. The van der Waals surface area contributed by atoms with Crippen molar-refractivity contribution in [2.45, 2.75) is 13.3 Å². The number of hydrogen-bond donors (Lipinski definition) is 0. The number of ether oxygens (including phenoxy) is 1. The summed E-state index contributed by atoms with van der Waals surface area (Å²) in [5, 5.41) is 0.905. The minimum Gasteiger partial charge on any atom is -0.496 e. The number of rotatable bonds is 4. The van der Waals surface area contributed by atoms with Crippen LogP contribution in [0.2, 0.25) is 0 Å². The molecule has 0 aliphatic rings. The van der Waals surface area contributed by atoms with Gasteiger partial charge in [0.2, 0.25) is 0 Å². The molecule has 3 heteroatoms. The van der Waals surface area contributed by atoms with E-state index in [0.717, 1.165) is 22.9 Å². The van der Waals surface area contributed by atoms with Crippen LogP contribution in [0.25, 0.3) is 5.57 Å². The van der Waals surface area contributed by atoms with Gasteiger partial charge in [0.25, 0.3) is 0 Å². The second-order valence-electron chi connectivity index (χ2n) is 3.21. The summed E-state index contributed by atoms with van der Waals surface area (Å²) >= 11 is 3.35. The van der Waals surface area contributed by atoms with Crippen molar-refractivity contribution in [1.82, 2.24) is 0 Å². The summed E-state index contributed by atoms with van der Waals surface area (Å²) in [4.78, 5) is 0. The largest absolute Gasteiger partial charge is 0.496 e. The molecule has 15 heavy (non-hydrogen) atoms. The van der Waals surface area contributed by atoms with Crippen LogP contribution in [0.1, 0.15) is 18.9 Å². The van der Waals surface area contributed by atoms with E-state index in [4.69, 9.17) is 4.74 Å². The second-order valence-corrected chi connectivity index (χ2v) is 4.00. The Balaban J connectivity index is 3.05. The van der Waals surface area contributed by atoms with Gasteiger partial charge in [-0.2, -0.15) is 0 Å². The molecule has 0 spiro atoms. The number of benzene rings is 1. The smallest absolute Gasteiger partial charge is 0.126 e. The molecule has 0 atom stereocenters. The van der Waals surface area contributed by atoms with E-state index in [1.165, 1.54) is 12.1 Å². The molecule has 1 aromatic rings. The van der Waals surface area contributed by atoms with Gasteiger partial charge in [0.1, 0.15) is 11.6 Å². The van der Waals surface area contributed by atoms with Crippen molar-refractivity contribution in [3.63, 3.8) is 0 Å². The van der Waals surface area contributed by atoms with Gasteiger partial charge in [-0.25, -0.2) is 4.39 Å². The molecule has 0 aromatic heterocycles. The molecule has 0 aliphatic carbocycles. The SMILES string of the molecule is COc1ccc(F)cc1/C(C)=C/CCBr. The Hall–Kier alpha value is -0.830. The Morgan fingerprint density at radius 1 is 1.53 bits per heavy atom.